The molecule has 6 heteroatoms. The third-order valence-corrected chi connectivity index (χ3v) is 3.32. The second-order valence-corrected chi connectivity index (χ2v) is 5.14. The van der Waals surface area contributed by atoms with Crippen LogP contribution in [-0.2, 0) is 11.2 Å². The minimum Gasteiger partial charge on any atom is -0.480 e. The Bertz CT molecular complexity index is 515. The number of carbonyl (C=O) groups is 2. The Morgan fingerprint density at radius 3 is 2.47 bits per heavy atom. The number of aromatic nitrogens is 1. The number of aliphatic carboxylic acids is 1. The molecule has 0 radical (unpaired) electrons. The SMILES string of the molecule is CCc1cc(C(=O)N(C)C(C)(C)C(=O)O)cc(Cl)n1. The molecule has 1 amide bonds. The van der Waals surface area contributed by atoms with Gasteiger partial charge in [0.05, 0.1) is 0 Å². The molecule has 104 valence electrons. The maximum atomic E-state index is 12.3. The van der Waals surface area contributed by atoms with Crippen LogP contribution in [0.25, 0.3) is 0 Å². The van der Waals surface area contributed by atoms with Gasteiger partial charge in [0.25, 0.3) is 5.91 Å². The molecule has 0 aliphatic rings. The fraction of sp³-hybridized carbons (Fsp3) is 0.462. The quantitative estimate of drug-likeness (QED) is 0.861. The maximum absolute atomic E-state index is 12.3. The summed E-state index contributed by atoms with van der Waals surface area (Å²) in [4.78, 5) is 28.7. The van der Waals surface area contributed by atoms with Crippen molar-refractivity contribution in [3.8, 4) is 0 Å². The lowest BCUT2D eigenvalue weighted by atomic mass is 10.0. The van der Waals surface area contributed by atoms with Gasteiger partial charge in [-0.3, -0.25) is 4.79 Å². The van der Waals surface area contributed by atoms with E-state index in [2.05, 4.69) is 4.98 Å². The first-order valence-electron chi connectivity index (χ1n) is 5.88. The molecule has 0 spiro atoms. The van der Waals surface area contributed by atoms with Crippen LogP contribution < -0.4 is 0 Å². The van der Waals surface area contributed by atoms with E-state index in [1.54, 1.807) is 6.07 Å². The van der Waals surface area contributed by atoms with Crippen molar-refractivity contribution in [2.45, 2.75) is 32.7 Å². The zero-order chi connectivity index (χ0) is 14.8. The lowest BCUT2D eigenvalue weighted by Gasteiger charge is -2.31. The summed E-state index contributed by atoms with van der Waals surface area (Å²) in [5.74, 6) is -1.47. The molecule has 1 rings (SSSR count). The van der Waals surface area contributed by atoms with Crippen molar-refractivity contribution in [2.75, 3.05) is 7.05 Å². The number of carboxylic acid groups (broad SMARTS) is 1. The average Bonchev–Trinajstić information content (AvgIpc) is 2.35. The Morgan fingerprint density at radius 1 is 1.42 bits per heavy atom. The highest BCUT2D eigenvalue weighted by Crippen LogP contribution is 2.19. The highest BCUT2D eigenvalue weighted by molar-refractivity contribution is 6.29. The number of hydrogen-bond acceptors (Lipinski definition) is 3. The summed E-state index contributed by atoms with van der Waals surface area (Å²) >= 11 is 5.86. The van der Waals surface area contributed by atoms with Crippen molar-refractivity contribution in [2.24, 2.45) is 0 Å². The number of likely N-dealkylation sites (N-methyl/N-ethyl adjacent to an activating group) is 1. The molecule has 0 saturated heterocycles. The molecule has 0 unspecified atom stereocenters. The number of amides is 1. The van der Waals surface area contributed by atoms with E-state index >= 15 is 0 Å². The van der Waals surface area contributed by atoms with Gasteiger partial charge in [0, 0.05) is 18.3 Å². The normalized spacial score (nSPS) is 11.2. The Kier molecular flexibility index (Phi) is 4.52. The van der Waals surface area contributed by atoms with Crippen molar-refractivity contribution in [3.05, 3.63) is 28.5 Å². The van der Waals surface area contributed by atoms with Gasteiger partial charge in [-0.15, -0.1) is 0 Å². The Labute approximate surface area is 117 Å². The van der Waals surface area contributed by atoms with Crippen LogP contribution in [0.1, 0.15) is 36.8 Å². The maximum Gasteiger partial charge on any atom is 0.329 e. The van der Waals surface area contributed by atoms with Crippen LogP contribution in [0.15, 0.2) is 12.1 Å². The standard InChI is InChI=1S/C13H17ClN2O3/c1-5-9-6-8(7-10(14)15-9)11(17)16(4)13(2,3)12(18)19/h6-7H,5H2,1-4H3,(H,18,19). The van der Waals surface area contributed by atoms with Crippen molar-refractivity contribution in [1.29, 1.82) is 0 Å². The summed E-state index contributed by atoms with van der Waals surface area (Å²) in [5.41, 5.74) is -0.259. The van der Waals surface area contributed by atoms with Crippen molar-refractivity contribution >= 4 is 23.5 Å². The summed E-state index contributed by atoms with van der Waals surface area (Å²) in [6, 6.07) is 3.07. The number of carbonyl (C=O) groups excluding carboxylic acids is 1. The largest absolute Gasteiger partial charge is 0.480 e. The fourth-order valence-corrected chi connectivity index (χ4v) is 1.67. The first-order valence-corrected chi connectivity index (χ1v) is 6.26. The predicted molar refractivity (Wildman–Crippen MR) is 72.4 cm³/mol. The molecule has 0 saturated carbocycles. The number of aryl methyl sites for hydroxylation is 1. The molecule has 0 aliphatic heterocycles. The van der Waals surface area contributed by atoms with Gasteiger partial charge in [-0.05, 0) is 32.4 Å². The second kappa shape index (κ2) is 5.57. The van der Waals surface area contributed by atoms with Crippen molar-refractivity contribution < 1.29 is 14.7 Å². The highest BCUT2D eigenvalue weighted by atomic mass is 35.5. The van der Waals surface area contributed by atoms with E-state index < -0.39 is 17.4 Å². The Balaban J connectivity index is 3.13. The molecule has 0 aromatic carbocycles. The minimum absolute atomic E-state index is 0.226. The molecule has 0 aliphatic carbocycles. The molecule has 5 nitrogen and oxygen atoms in total. The van der Waals surface area contributed by atoms with E-state index in [0.717, 1.165) is 0 Å². The lowest BCUT2D eigenvalue weighted by Crippen LogP contribution is -2.50. The monoisotopic (exact) mass is 284 g/mol. The van der Waals surface area contributed by atoms with Crippen LogP contribution in [0.4, 0.5) is 0 Å². The van der Waals surface area contributed by atoms with Gasteiger partial charge in [0.1, 0.15) is 10.7 Å². The third-order valence-electron chi connectivity index (χ3n) is 3.12. The van der Waals surface area contributed by atoms with Gasteiger partial charge in [-0.1, -0.05) is 18.5 Å². The summed E-state index contributed by atoms with van der Waals surface area (Å²) in [6.07, 6.45) is 0.646. The fourth-order valence-electron chi connectivity index (χ4n) is 1.45. The van der Waals surface area contributed by atoms with Crippen LogP contribution in [0.5, 0.6) is 0 Å². The molecule has 0 bridgehead atoms. The van der Waals surface area contributed by atoms with Gasteiger partial charge in [-0.25, -0.2) is 9.78 Å². The number of rotatable bonds is 4. The van der Waals surface area contributed by atoms with Crippen molar-refractivity contribution in [1.82, 2.24) is 9.88 Å². The van der Waals surface area contributed by atoms with E-state index in [1.165, 1.54) is 31.9 Å². The van der Waals surface area contributed by atoms with Gasteiger partial charge in [0.2, 0.25) is 0 Å². The summed E-state index contributed by atoms with van der Waals surface area (Å²) < 4.78 is 0. The zero-order valence-electron chi connectivity index (χ0n) is 11.4. The van der Waals surface area contributed by atoms with Crippen molar-refractivity contribution in [3.63, 3.8) is 0 Å². The minimum atomic E-state index is -1.29. The van der Waals surface area contributed by atoms with Crippen LogP contribution in [0.3, 0.4) is 0 Å². The molecule has 1 N–H and O–H groups in total. The lowest BCUT2D eigenvalue weighted by molar-refractivity contribution is -0.147. The van der Waals surface area contributed by atoms with Gasteiger partial charge in [-0.2, -0.15) is 0 Å². The molecule has 0 fully saturated rings. The number of pyridine rings is 1. The predicted octanol–water partition coefficient (Wildman–Crippen LogP) is 2.23. The highest BCUT2D eigenvalue weighted by Gasteiger charge is 2.35. The van der Waals surface area contributed by atoms with E-state index in [9.17, 15) is 9.59 Å². The molecular weight excluding hydrogens is 268 g/mol. The van der Waals surface area contributed by atoms with Crippen LogP contribution >= 0.6 is 11.6 Å². The van der Waals surface area contributed by atoms with Gasteiger partial charge < -0.3 is 10.0 Å². The van der Waals surface area contributed by atoms with E-state index in [0.29, 0.717) is 17.7 Å². The molecule has 1 heterocycles. The average molecular weight is 285 g/mol. The molecule has 1 aromatic rings. The van der Waals surface area contributed by atoms with Crippen LogP contribution in [0.2, 0.25) is 5.15 Å². The topological polar surface area (TPSA) is 70.5 Å². The summed E-state index contributed by atoms with van der Waals surface area (Å²) in [5, 5.41) is 9.36. The molecular formula is C13H17ClN2O3. The Hall–Kier alpha value is -1.62. The number of nitrogens with zero attached hydrogens (tertiary/aromatic N) is 2. The number of carboxylic acids is 1. The molecule has 19 heavy (non-hydrogen) atoms. The summed E-state index contributed by atoms with van der Waals surface area (Å²) in [7, 11) is 1.45. The van der Waals surface area contributed by atoms with Crippen LogP contribution in [0, 0.1) is 0 Å². The van der Waals surface area contributed by atoms with E-state index in [4.69, 9.17) is 16.7 Å². The molecule has 0 atom stereocenters. The summed E-state index contributed by atoms with van der Waals surface area (Å²) in [6.45, 7) is 4.84. The number of halogens is 1. The third kappa shape index (κ3) is 3.23. The molecule has 1 aromatic heterocycles. The first kappa shape index (κ1) is 15.4. The van der Waals surface area contributed by atoms with E-state index in [-0.39, 0.29) is 5.15 Å². The van der Waals surface area contributed by atoms with E-state index in [1.807, 2.05) is 6.92 Å². The smallest absolute Gasteiger partial charge is 0.329 e. The van der Waals surface area contributed by atoms with Gasteiger partial charge >= 0.3 is 5.97 Å². The van der Waals surface area contributed by atoms with Crippen LogP contribution in [-0.4, -0.2) is 39.5 Å². The zero-order valence-corrected chi connectivity index (χ0v) is 12.2. The Morgan fingerprint density at radius 2 is 2.00 bits per heavy atom. The second-order valence-electron chi connectivity index (χ2n) is 4.75. The first-order chi connectivity index (χ1) is 8.70. The van der Waals surface area contributed by atoms with Gasteiger partial charge in [0.15, 0.2) is 0 Å². The number of hydrogen-bond donors (Lipinski definition) is 1.